The lowest BCUT2D eigenvalue weighted by Crippen LogP contribution is -2.17. The predicted octanol–water partition coefficient (Wildman–Crippen LogP) is 1.26. The summed E-state index contributed by atoms with van der Waals surface area (Å²) in [5, 5.41) is 11.2. The average molecular weight is 260 g/mol. The van der Waals surface area contributed by atoms with Crippen LogP contribution in [0.5, 0.6) is 0 Å². The number of thiocarbonyl (C=S) groups is 1. The summed E-state index contributed by atoms with van der Waals surface area (Å²) in [6, 6.07) is 0. The monoisotopic (exact) mass is 260 g/mol. The molecular weight excluding hydrogens is 248 g/mol. The van der Waals surface area contributed by atoms with E-state index < -0.39 is 0 Å². The second-order valence-electron chi connectivity index (χ2n) is 3.75. The molecule has 0 aliphatic carbocycles. The Balaban J connectivity index is 2.45. The molecule has 18 heavy (non-hydrogen) atoms. The Kier molecular flexibility index (Phi) is 3.42. The van der Waals surface area contributed by atoms with Crippen molar-refractivity contribution in [2.24, 2.45) is 5.73 Å². The highest BCUT2D eigenvalue weighted by atomic mass is 32.1. The van der Waals surface area contributed by atoms with Gasteiger partial charge in [0.05, 0.1) is 29.3 Å². The number of nitrogens with zero attached hydrogens (tertiary/aromatic N) is 4. The molecule has 0 aromatic carbocycles. The van der Waals surface area contributed by atoms with E-state index in [-0.39, 0.29) is 4.99 Å². The molecule has 3 N–H and O–H groups in total. The molecule has 0 radical (unpaired) electrons. The summed E-state index contributed by atoms with van der Waals surface area (Å²) in [5.74, 6) is 0.514. The van der Waals surface area contributed by atoms with Crippen LogP contribution in [0.3, 0.4) is 0 Å². The Morgan fingerprint density at radius 2 is 1.89 bits per heavy atom. The number of hydrogen-bond donors (Lipinski definition) is 2. The zero-order valence-electron chi connectivity index (χ0n) is 10.0. The first-order chi connectivity index (χ1) is 8.59. The molecule has 2 aromatic heterocycles. The lowest BCUT2D eigenvalue weighted by Gasteiger charge is -2.12. The van der Waals surface area contributed by atoms with E-state index in [1.54, 1.807) is 12.4 Å². The number of rotatable bonds is 3. The third-order valence-corrected chi connectivity index (χ3v) is 2.73. The van der Waals surface area contributed by atoms with Crippen molar-refractivity contribution in [1.82, 2.24) is 20.2 Å². The van der Waals surface area contributed by atoms with Crippen LogP contribution in [0.2, 0.25) is 0 Å². The predicted molar refractivity (Wildman–Crippen MR) is 72.7 cm³/mol. The summed E-state index contributed by atoms with van der Waals surface area (Å²) in [4.78, 5) is 8.10. The van der Waals surface area contributed by atoms with Crippen molar-refractivity contribution in [1.29, 1.82) is 0 Å². The topological polar surface area (TPSA) is 89.6 Å². The third kappa shape index (κ3) is 2.40. The average Bonchev–Trinajstić information content (AvgIpc) is 2.35. The normalized spacial score (nSPS) is 10.1. The molecule has 0 amide bonds. The molecule has 2 rings (SSSR count). The molecule has 0 saturated carbocycles. The van der Waals surface area contributed by atoms with Crippen molar-refractivity contribution in [3.8, 4) is 0 Å². The Hall–Kier alpha value is -2.15. The van der Waals surface area contributed by atoms with Gasteiger partial charge in [-0.05, 0) is 19.4 Å². The first-order valence-corrected chi connectivity index (χ1v) is 5.66. The number of nitrogens with two attached hydrogens (primary N) is 1. The first-order valence-electron chi connectivity index (χ1n) is 5.25. The molecule has 0 unspecified atom stereocenters. The minimum atomic E-state index is 0.282. The summed E-state index contributed by atoms with van der Waals surface area (Å²) in [7, 11) is 0. The van der Waals surface area contributed by atoms with Crippen molar-refractivity contribution in [2.45, 2.75) is 13.8 Å². The highest BCUT2D eigenvalue weighted by molar-refractivity contribution is 7.80. The second-order valence-corrected chi connectivity index (χ2v) is 4.19. The van der Waals surface area contributed by atoms with Crippen molar-refractivity contribution < 1.29 is 0 Å². The van der Waals surface area contributed by atoms with Gasteiger partial charge >= 0.3 is 0 Å². The van der Waals surface area contributed by atoms with E-state index in [4.69, 9.17) is 18.0 Å². The zero-order chi connectivity index (χ0) is 13.1. The fraction of sp³-hybridized carbons (Fsp3) is 0.182. The van der Waals surface area contributed by atoms with Gasteiger partial charge in [0.2, 0.25) is 0 Å². The van der Waals surface area contributed by atoms with E-state index in [2.05, 4.69) is 25.5 Å². The molecule has 7 heteroatoms. The number of aromatic nitrogens is 4. The quantitative estimate of drug-likeness (QED) is 0.803. The molecule has 0 aliphatic rings. The first kappa shape index (κ1) is 12.3. The van der Waals surface area contributed by atoms with Gasteiger partial charge in [-0.2, -0.15) is 5.10 Å². The van der Waals surface area contributed by atoms with Crippen LogP contribution in [0.1, 0.15) is 16.8 Å². The van der Waals surface area contributed by atoms with Gasteiger partial charge in [0.1, 0.15) is 11.3 Å². The van der Waals surface area contributed by atoms with Gasteiger partial charge in [-0.15, -0.1) is 5.10 Å². The maximum atomic E-state index is 5.73. The van der Waals surface area contributed by atoms with Crippen LogP contribution >= 0.6 is 12.2 Å². The maximum absolute atomic E-state index is 5.73. The SMILES string of the molecule is Cc1nnc(Nc2cncnc2)c(C(N)=S)c1C. The standard InChI is InChI=1S/C11H12N6S/c1-6-7(2)16-17-11(9(6)10(12)18)15-8-3-13-5-14-4-8/h3-5H,1-2H3,(H2,12,18)(H,15,17). The van der Waals surface area contributed by atoms with Gasteiger partial charge in [0.25, 0.3) is 0 Å². The highest BCUT2D eigenvalue weighted by Crippen LogP contribution is 2.21. The zero-order valence-corrected chi connectivity index (χ0v) is 10.8. The molecule has 6 nitrogen and oxygen atoms in total. The fourth-order valence-corrected chi connectivity index (χ4v) is 1.75. The van der Waals surface area contributed by atoms with Crippen LogP contribution in [0.25, 0.3) is 0 Å². The summed E-state index contributed by atoms with van der Waals surface area (Å²) >= 11 is 5.05. The molecule has 2 aromatic rings. The molecule has 0 fully saturated rings. The minimum Gasteiger partial charge on any atom is -0.389 e. The van der Waals surface area contributed by atoms with Crippen molar-refractivity contribution in [3.63, 3.8) is 0 Å². The number of hydrogen-bond acceptors (Lipinski definition) is 6. The molecule has 0 spiro atoms. The van der Waals surface area contributed by atoms with E-state index in [0.717, 1.165) is 11.3 Å². The second kappa shape index (κ2) is 5.01. The molecule has 0 aliphatic heterocycles. The number of anilines is 2. The molecule has 0 atom stereocenters. The Labute approximate surface area is 110 Å². The molecular formula is C11H12N6S. The lowest BCUT2D eigenvalue weighted by molar-refractivity contribution is 0.962. The van der Waals surface area contributed by atoms with Crippen LogP contribution in [0.4, 0.5) is 11.5 Å². The summed E-state index contributed by atoms with van der Waals surface area (Å²) in [6.07, 6.45) is 4.71. The van der Waals surface area contributed by atoms with Gasteiger partial charge < -0.3 is 11.1 Å². The van der Waals surface area contributed by atoms with Crippen LogP contribution in [-0.2, 0) is 0 Å². The third-order valence-electron chi connectivity index (χ3n) is 2.52. The minimum absolute atomic E-state index is 0.282. The van der Waals surface area contributed by atoms with Crippen LogP contribution in [-0.4, -0.2) is 25.2 Å². The lowest BCUT2D eigenvalue weighted by atomic mass is 10.1. The van der Waals surface area contributed by atoms with E-state index >= 15 is 0 Å². The fourth-order valence-electron chi connectivity index (χ4n) is 1.50. The van der Waals surface area contributed by atoms with Gasteiger partial charge in [0.15, 0.2) is 5.82 Å². The largest absolute Gasteiger partial charge is 0.389 e. The smallest absolute Gasteiger partial charge is 0.163 e. The van der Waals surface area contributed by atoms with Gasteiger partial charge in [0, 0.05) is 0 Å². The van der Waals surface area contributed by atoms with Gasteiger partial charge in [-0.25, -0.2) is 9.97 Å². The Morgan fingerprint density at radius 1 is 1.22 bits per heavy atom. The van der Waals surface area contributed by atoms with E-state index in [0.29, 0.717) is 17.1 Å². The van der Waals surface area contributed by atoms with Crippen molar-refractivity contribution in [2.75, 3.05) is 5.32 Å². The van der Waals surface area contributed by atoms with Crippen LogP contribution in [0, 0.1) is 13.8 Å². The van der Waals surface area contributed by atoms with Crippen LogP contribution in [0.15, 0.2) is 18.7 Å². The number of aryl methyl sites for hydroxylation is 1. The van der Waals surface area contributed by atoms with Crippen LogP contribution < -0.4 is 11.1 Å². The number of nitrogens with one attached hydrogen (secondary N) is 1. The summed E-state index contributed by atoms with van der Waals surface area (Å²) in [6.45, 7) is 3.77. The van der Waals surface area contributed by atoms with Gasteiger partial charge in [-0.3, -0.25) is 0 Å². The van der Waals surface area contributed by atoms with Crippen molar-refractivity contribution in [3.05, 3.63) is 35.5 Å². The van der Waals surface area contributed by atoms with E-state index in [1.165, 1.54) is 6.33 Å². The molecule has 0 bridgehead atoms. The molecule has 92 valence electrons. The summed E-state index contributed by atoms with van der Waals surface area (Å²) in [5.41, 5.74) is 8.84. The van der Waals surface area contributed by atoms with E-state index in [9.17, 15) is 0 Å². The Bertz CT molecular complexity index is 584. The maximum Gasteiger partial charge on any atom is 0.163 e. The summed E-state index contributed by atoms with van der Waals surface area (Å²) < 4.78 is 0. The van der Waals surface area contributed by atoms with Gasteiger partial charge in [-0.1, -0.05) is 12.2 Å². The Morgan fingerprint density at radius 3 is 2.50 bits per heavy atom. The molecule has 0 saturated heterocycles. The van der Waals surface area contributed by atoms with E-state index in [1.807, 2.05) is 13.8 Å². The molecule has 2 heterocycles. The highest BCUT2D eigenvalue weighted by Gasteiger charge is 2.13. The van der Waals surface area contributed by atoms with Crippen molar-refractivity contribution >= 4 is 28.7 Å².